The number of rotatable bonds is 3. The molecule has 0 bridgehead atoms. The van der Waals surface area contributed by atoms with E-state index in [9.17, 15) is 19.5 Å². The lowest BCUT2D eigenvalue weighted by Gasteiger charge is -2.10. The summed E-state index contributed by atoms with van der Waals surface area (Å²) in [5, 5.41) is 10.3. The SMILES string of the molecule is Cc1cc(O)c(-c2ccc3c(=O)[nH]c(=O)n(Cc4cccnc4)c3n2)c(=O)o1. The quantitative estimate of drug-likeness (QED) is 0.547. The number of hydrogen-bond acceptors (Lipinski definition) is 7. The van der Waals surface area contributed by atoms with Crippen molar-refractivity contribution in [3.63, 3.8) is 0 Å². The van der Waals surface area contributed by atoms with E-state index in [1.807, 2.05) is 0 Å². The molecule has 4 aromatic heterocycles. The highest BCUT2D eigenvalue weighted by atomic mass is 16.4. The number of aryl methyl sites for hydroxylation is 1. The van der Waals surface area contributed by atoms with Crippen molar-refractivity contribution in [2.45, 2.75) is 13.5 Å². The Morgan fingerprint density at radius 2 is 2.04 bits per heavy atom. The van der Waals surface area contributed by atoms with Gasteiger partial charge in [0.25, 0.3) is 5.56 Å². The van der Waals surface area contributed by atoms with Gasteiger partial charge in [0.1, 0.15) is 17.1 Å². The average Bonchev–Trinajstić information content (AvgIpc) is 2.65. The van der Waals surface area contributed by atoms with Crippen LogP contribution in [0.5, 0.6) is 5.75 Å². The fraction of sp³-hybridized carbons (Fsp3) is 0.105. The Morgan fingerprint density at radius 1 is 1.21 bits per heavy atom. The van der Waals surface area contributed by atoms with Gasteiger partial charge < -0.3 is 9.52 Å². The zero-order valence-corrected chi connectivity index (χ0v) is 14.7. The zero-order chi connectivity index (χ0) is 19.8. The van der Waals surface area contributed by atoms with Gasteiger partial charge in [-0.15, -0.1) is 0 Å². The van der Waals surface area contributed by atoms with Crippen LogP contribution in [-0.4, -0.2) is 24.6 Å². The smallest absolute Gasteiger partial charge is 0.349 e. The highest BCUT2D eigenvalue weighted by Gasteiger charge is 2.17. The summed E-state index contributed by atoms with van der Waals surface area (Å²) in [5.74, 6) is -0.0523. The molecule has 0 unspecified atom stereocenters. The molecule has 4 aromatic rings. The Bertz CT molecular complexity index is 1370. The van der Waals surface area contributed by atoms with Crippen molar-refractivity contribution in [1.82, 2.24) is 19.5 Å². The lowest BCUT2D eigenvalue weighted by Crippen LogP contribution is -2.31. The molecule has 0 saturated carbocycles. The molecule has 0 atom stereocenters. The maximum Gasteiger partial charge on any atom is 0.349 e. The molecule has 0 aliphatic carbocycles. The summed E-state index contributed by atoms with van der Waals surface area (Å²) >= 11 is 0. The number of pyridine rings is 2. The van der Waals surface area contributed by atoms with E-state index in [2.05, 4.69) is 15.0 Å². The Morgan fingerprint density at radius 3 is 2.75 bits per heavy atom. The topological polar surface area (TPSA) is 131 Å². The Labute approximate surface area is 156 Å². The van der Waals surface area contributed by atoms with Gasteiger partial charge in [-0.3, -0.25) is 19.3 Å². The second-order valence-corrected chi connectivity index (χ2v) is 6.18. The molecule has 0 spiro atoms. The molecule has 0 aliphatic rings. The molecule has 28 heavy (non-hydrogen) atoms. The number of aromatic nitrogens is 4. The van der Waals surface area contributed by atoms with Crippen LogP contribution in [0.4, 0.5) is 0 Å². The van der Waals surface area contributed by atoms with E-state index in [1.54, 1.807) is 24.5 Å². The second kappa shape index (κ2) is 6.62. The van der Waals surface area contributed by atoms with Crippen LogP contribution in [-0.2, 0) is 6.54 Å². The number of nitrogens with zero attached hydrogens (tertiary/aromatic N) is 3. The third-order valence-corrected chi connectivity index (χ3v) is 4.21. The molecule has 0 aliphatic heterocycles. The molecule has 9 heteroatoms. The number of aromatic hydroxyl groups is 1. The van der Waals surface area contributed by atoms with Gasteiger partial charge in [0.15, 0.2) is 5.65 Å². The summed E-state index contributed by atoms with van der Waals surface area (Å²) in [6.07, 6.45) is 3.20. The summed E-state index contributed by atoms with van der Waals surface area (Å²) < 4.78 is 6.30. The van der Waals surface area contributed by atoms with Gasteiger partial charge in [-0.2, -0.15) is 0 Å². The van der Waals surface area contributed by atoms with E-state index in [4.69, 9.17) is 4.42 Å². The fourth-order valence-electron chi connectivity index (χ4n) is 2.95. The number of aromatic amines is 1. The molecule has 0 amide bonds. The Kier molecular flexibility index (Phi) is 4.11. The molecule has 4 rings (SSSR count). The highest BCUT2D eigenvalue weighted by molar-refractivity contribution is 5.78. The first-order chi connectivity index (χ1) is 13.4. The molecule has 4 heterocycles. The van der Waals surface area contributed by atoms with E-state index in [1.165, 1.54) is 29.7 Å². The standard InChI is InChI=1S/C19H14N4O5/c1-10-7-14(24)15(18(26)28-10)13-5-4-12-16(21-13)23(19(27)22-17(12)25)9-11-3-2-6-20-8-11/h2-8,24H,9H2,1H3,(H,22,25,27). The van der Waals surface area contributed by atoms with E-state index in [0.29, 0.717) is 0 Å². The first kappa shape index (κ1) is 17.4. The van der Waals surface area contributed by atoms with Gasteiger partial charge >= 0.3 is 11.3 Å². The number of H-pyrrole nitrogens is 1. The lowest BCUT2D eigenvalue weighted by atomic mass is 10.1. The summed E-state index contributed by atoms with van der Waals surface area (Å²) in [6.45, 7) is 1.65. The van der Waals surface area contributed by atoms with Crippen molar-refractivity contribution in [2.24, 2.45) is 0 Å². The third kappa shape index (κ3) is 2.98. The van der Waals surface area contributed by atoms with Crippen molar-refractivity contribution in [3.8, 4) is 17.0 Å². The normalized spacial score (nSPS) is 11.0. The third-order valence-electron chi connectivity index (χ3n) is 4.21. The van der Waals surface area contributed by atoms with Crippen LogP contribution in [0, 0.1) is 6.92 Å². The molecule has 0 radical (unpaired) electrons. The molecule has 2 N–H and O–H groups in total. The van der Waals surface area contributed by atoms with Crippen molar-refractivity contribution < 1.29 is 9.52 Å². The van der Waals surface area contributed by atoms with Crippen LogP contribution < -0.4 is 16.9 Å². The van der Waals surface area contributed by atoms with Gasteiger partial charge in [0, 0.05) is 18.5 Å². The fourth-order valence-corrected chi connectivity index (χ4v) is 2.95. The van der Waals surface area contributed by atoms with Crippen LogP contribution in [0.2, 0.25) is 0 Å². The van der Waals surface area contributed by atoms with Crippen LogP contribution >= 0.6 is 0 Å². The van der Waals surface area contributed by atoms with Gasteiger partial charge in [0.05, 0.1) is 17.6 Å². The molecule has 140 valence electrons. The zero-order valence-electron chi connectivity index (χ0n) is 14.7. The van der Waals surface area contributed by atoms with Crippen molar-refractivity contribution in [2.75, 3.05) is 0 Å². The van der Waals surface area contributed by atoms with E-state index < -0.39 is 16.9 Å². The maximum atomic E-state index is 12.4. The monoisotopic (exact) mass is 378 g/mol. The highest BCUT2D eigenvalue weighted by Crippen LogP contribution is 2.25. The van der Waals surface area contributed by atoms with Crippen LogP contribution in [0.3, 0.4) is 0 Å². The van der Waals surface area contributed by atoms with Crippen LogP contribution in [0.15, 0.2) is 61.5 Å². The van der Waals surface area contributed by atoms with E-state index in [0.717, 1.165) is 5.56 Å². The first-order valence-electron chi connectivity index (χ1n) is 8.31. The molecular formula is C19H14N4O5. The van der Waals surface area contributed by atoms with Gasteiger partial charge in [-0.1, -0.05) is 6.07 Å². The molecule has 0 aromatic carbocycles. The first-order valence-corrected chi connectivity index (χ1v) is 8.31. The van der Waals surface area contributed by atoms with Crippen molar-refractivity contribution >= 4 is 11.0 Å². The van der Waals surface area contributed by atoms with Gasteiger partial charge in [0.2, 0.25) is 0 Å². The van der Waals surface area contributed by atoms with Gasteiger partial charge in [-0.25, -0.2) is 14.6 Å². The van der Waals surface area contributed by atoms with Crippen LogP contribution in [0.1, 0.15) is 11.3 Å². The Balaban J connectivity index is 1.99. The number of hydrogen-bond donors (Lipinski definition) is 2. The summed E-state index contributed by atoms with van der Waals surface area (Å²) in [7, 11) is 0. The Hall–Kier alpha value is -4.01. The lowest BCUT2D eigenvalue weighted by molar-refractivity contribution is 0.438. The van der Waals surface area contributed by atoms with Crippen molar-refractivity contribution in [1.29, 1.82) is 0 Å². The summed E-state index contributed by atoms with van der Waals surface area (Å²) in [5.41, 5.74) is -1.27. The van der Waals surface area contributed by atoms with Crippen LogP contribution in [0.25, 0.3) is 22.3 Å². The molecular weight excluding hydrogens is 364 g/mol. The predicted octanol–water partition coefficient (Wildman–Crippen LogP) is 1.16. The summed E-state index contributed by atoms with van der Waals surface area (Å²) in [6, 6.07) is 7.65. The second-order valence-electron chi connectivity index (χ2n) is 6.18. The molecule has 0 fully saturated rings. The maximum absolute atomic E-state index is 12.4. The average molecular weight is 378 g/mol. The molecule has 0 saturated heterocycles. The van der Waals surface area contributed by atoms with Gasteiger partial charge in [-0.05, 0) is 30.7 Å². The minimum absolute atomic E-state index is 0.0782. The number of nitrogens with one attached hydrogen (secondary N) is 1. The summed E-state index contributed by atoms with van der Waals surface area (Å²) in [4.78, 5) is 47.4. The molecule has 9 nitrogen and oxygen atoms in total. The minimum atomic E-state index is -0.768. The van der Waals surface area contributed by atoms with Crippen molar-refractivity contribution in [3.05, 3.63) is 85.3 Å². The predicted molar refractivity (Wildman–Crippen MR) is 100 cm³/mol. The minimum Gasteiger partial charge on any atom is -0.507 e. The van der Waals surface area contributed by atoms with E-state index in [-0.39, 0.29) is 40.3 Å². The number of fused-ring (bicyclic) bond motifs is 1. The van der Waals surface area contributed by atoms with E-state index >= 15 is 0 Å². The largest absolute Gasteiger partial charge is 0.507 e.